The molecule has 6 nitrogen and oxygen atoms in total. The maximum absolute atomic E-state index is 12.4. The van der Waals surface area contributed by atoms with Crippen molar-refractivity contribution in [1.29, 1.82) is 0 Å². The minimum absolute atomic E-state index is 0.181. The number of rotatable bonds is 3. The van der Waals surface area contributed by atoms with Crippen molar-refractivity contribution < 1.29 is 21.3 Å². The highest BCUT2D eigenvalue weighted by Crippen LogP contribution is 2.26. The molecule has 2 aromatic rings. The van der Waals surface area contributed by atoms with E-state index in [1.54, 1.807) is 11.0 Å². The number of fused-ring (bicyclic) bond motifs is 1. The molecule has 0 fully saturated rings. The van der Waals surface area contributed by atoms with E-state index < -0.39 is 10.5 Å². The molecule has 3 rings (SSSR count). The van der Waals surface area contributed by atoms with Gasteiger partial charge in [0.15, 0.2) is 0 Å². The Morgan fingerprint density at radius 2 is 1.92 bits per heavy atom. The molecule has 9 heteroatoms. The third kappa shape index (κ3) is 4.40. The molecule has 0 atom stereocenters. The zero-order valence-corrected chi connectivity index (χ0v) is 14.5. The molecule has 1 aliphatic heterocycles. The molecular formula is C16H14ClFN2O4S. The maximum atomic E-state index is 12.4. The van der Waals surface area contributed by atoms with Gasteiger partial charge in [-0.15, -0.1) is 0 Å². The maximum Gasteiger partial charge on any atom is 0.488 e. The molecule has 0 unspecified atom stereocenters. The largest absolute Gasteiger partial charge is 0.488 e. The first-order valence-electron chi connectivity index (χ1n) is 7.38. The molecule has 1 aliphatic rings. The Balaban J connectivity index is 1.66. The summed E-state index contributed by atoms with van der Waals surface area (Å²) in [5.41, 5.74) is 2.49. The van der Waals surface area contributed by atoms with Crippen LogP contribution in [0.1, 0.15) is 11.1 Å². The molecule has 1 heterocycles. The number of urea groups is 1. The van der Waals surface area contributed by atoms with Gasteiger partial charge in [-0.25, -0.2) is 4.79 Å². The van der Waals surface area contributed by atoms with Crippen molar-refractivity contribution in [3.8, 4) is 5.75 Å². The minimum atomic E-state index is -5.07. The van der Waals surface area contributed by atoms with Crippen LogP contribution in [0.2, 0.25) is 5.02 Å². The standard InChI is InChI=1S/C16H14ClFN2O4S/c17-15-3-1-2-11-8-9-20(10-14(11)15)16(21)19-12-4-6-13(7-5-12)24-25(18,22)23/h1-7H,8-10H2,(H,19,21). The van der Waals surface area contributed by atoms with Crippen molar-refractivity contribution >= 4 is 33.8 Å². The molecule has 0 bridgehead atoms. The van der Waals surface area contributed by atoms with Gasteiger partial charge in [0, 0.05) is 23.8 Å². The zero-order chi connectivity index (χ0) is 18.0. The Bertz CT molecular complexity index is 903. The number of nitrogens with zero attached hydrogens (tertiary/aromatic N) is 1. The lowest BCUT2D eigenvalue weighted by Gasteiger charge is -2.29. The van der Waals surface area contributed by atoms with E-state index in [0.29, 0.717) is 30.2 Å². The Kier molecular flexibility index (Phi) is 4.82. The summed E-state index contributed by atoms with van der Waals surface area (Å²) in [7, 11) is -5.07. The Hall–Kier alpha value is -2.32. The summed E-state index contributed by atoms with van der Waals surface area (Å²) in [6.45, 7) is 0.961. The third-order valence-electron chi connectivity index (χ3n) is 3.80. The van der Waals surface area contributed by atoms with Crippen LogP contribution >= 0.6 is 11.6 Å². The van der Waals surface area contributed by atoms with Gasteiger partial charge in [0.05, 0.1) is 0 Å². The fraction of sp³-hybridized carbons (Fsp3) is 0.188. The van der Waals surface area contributed by atoms with Crippen molar-refractivity contribution in [2.75, 3.05) is 11.9 Å². The summed E-state index contributed by atoms with van der Waals surface area (Å²) >= 11 is 6.19. The minimum Gasteiger partial charge on any atom is -0.358 e. The van der Waals surface area contributed by atoms with Crippen molar-refractivity contribution in [2.45, 2.75) is 13.0 Å². The fourth-order valence-electron chi connectivity index (χ4n) is 2.62. The van der Waals surface area contributed by atoms with E-state index in [9.17, 15) is 17.1 Å². The van der Waals surface area contributed by atoms with E-state index in [1.807, 2.05) is 12.1 Å². The van der Waals surface area contributed by atoms with Crippen LogP contribution in [0, 0.1) is 0 Å². The second-order valence-corrected chi connectivity index (χ2v) is 6.84. The van der Waals surface area contributed by atoms with Crippen LogP contribution < -0.4 is 9.50 Å². The van der Waals surface area contributed by atoms with Gasteiger partial charge in [-0.2, -0.15) is 8.42 Å². The number of carbonyl (C=O) groups is 1. The predicted molar refractivity (Wildman–Crippen MR) is 91.7 cm³/mol. The smallest absolute Gasteiger partial charge is 0.358 e. The lowest BCUT2D eigenvalue weighted by Crippen LogP contribution is -2.39. The Morgan fingerprint density at radius 1 is 1.20 bits per heavy atom. The number of hydrogen-bond acceptors (Lipinski definition) is 4. The number of halogens is 2. The van der Waals surface area contributed by atoms with Gasteiger partial charge in [-0.1, -0.05) is 27.6 Å². The average molecular weight is 385 g/mol. The monoisotopic (exact) mass is 384 g/mol. The van der Waals surface area contributed by atoms with Gasteiger partial charge in [0.1, 0.15) is 5.75 Å². The number of amides is 2. The molecule has 0 aromatic heterocycles. The third-order valence-corrected chi connectivity index (χ3v) is 4.55. The van der Waals surface area contributed by atoms with E-state index in [-0.39, 0.29) is 11.8 Å². The summed E-state index contributed by atoms with van der Waals surface area (Å²) in [5.74, 6) is -0.181. The van der Waals surface area contributed by atoms with Crippen LogP contribution in [0.25, 0.3) is 0 Å². The molecule has 1 N–H and O–H groups in total. The molecular weight excluding hydrogens is 371 g/mol. The van der Waals surface area contributed by atoms with Crippen molar-refractivity contribution in [3.05, 3.63) is 58.6 Å². The molecule has 0 spiro atoms. The Morgan fingerprint density at radius 3 is 2.60 bits per heavy atom. The average Bonchev–Trinajstić information content (AvgIpc) is 2.55. The van der Waals surface area contributed by atoms with Gasteiger partial charge in [-0.3, -0.25) is 0 Å². The first-order chi connectivity index (χ1) is 11.8. The van der Waals surface area contributed by atoms with Crippen molar-refractivity contribution in [2.24, 2.45) is 0 Å². The van der Waals surface area contributed by atoms with Crippen molar-refractivity contribution in [3.63, 3.8) is 0 Å². The summed E-state index contributed by atoms with van der Waals surface area (Å²) in [4.78, 5) is 14.0. The second-order valence-electron chi connectivity index (χ2n) is 5.48. The van der Waals surface area contributed by atoms with Crippen LogP contribution in [0.15, 0.2) is 42.5 Å². The van der Waals surface area contributed by atoms with E-state index in [1.165, 1.54) is 24.3 Å². The molecule has 0 radical (unpaired) electrons. The summed E-state index contributed by atoms with van der Waals surface area (Å²) in [6, 6.07) is 10.7. The first kappa shape index (κ1) is 17.5. The zero-order valence-electron chi connectivity index (χ0n) is 12.9. The lowest BCUT2D eigenvalue weighted by atomic mass is 10.00. The van der Waals surface area contributed by atoms with Gasteiger partial charge in [0.2, 0.25) is 0 Å². The molecule has 0 aliphatic carbocycles. The Labute approximate surface area is 149 Å². The lowest BCUT2D eigenvalue weighted by molar-refractivity contribution is 0.206. The molecule has 2 amide bonds. The summed E-state index contributed by atoms with van der Waals surface area (Å²) < 4.78 is 37.4. The highest BCUT2D eigenvalue weighted by atomic mass is 35.5. The van der Waals surface area contributed by atoms with Gasteiger partial charge >= 0.3 is 16.5 Å². The van der Waals surface area contributed by atoms with Crippen LogP contribution in [-0.2, 0) is 23.5 Å². The van der Waals surface area contributed by atoms with E-state index >= 15 is 0 Å². The predicted octanol–water partition coefficient (Wildman–Crippen LogP) is 3.52. The highest BCUT2D eigenvalue weighted by molar-refractivity contribution is 7.81. The number of hydrogen-bond donors (Lipinski definition) is 1. The highest BCUT2D eigenvalue weighted by Gasteiger charge is 2.22. The van der Waals surface area contributed by atoms with Gasteiger partial charge in [0.25, 0.3) is 0 Å². The van der Waals surface area contributed by atoms with E-state index in [4.69, 9.17) is 11.6 Å². The van der Waals surface area contributed by atoms with Crippen molar-refractivity contribution in [1.82, 2.24) is 4.90 Å². The molecule has 25 heavy (non-hydrogen) atoms. The van der Waals surface area contributed by atoms with Gasteiger partial charge in [-0.05, 0) is 47.9 Å². The quantitative estimate of drug-likeness (QED) is 0.821. The normalized spacial score (nSPS) is 13.9. The fourth-order valence-corrected chi connectivity index (χ4v) is 3.22. The second kappa shape index (κ2) is 6.89. The molecule has 0 saturated heterocycles. The molecule has 2 aromatic carbocycles. The van der Waals surface area contributed by atoms with Gasteiger partial charge < -0.3 is 14.4 Å². The summed E-state index contributed by atoms with van der Waals surface area (Å²) in [6.07, 6.45) is 0.713. The number of benzene rings is 2. The topological polar surface area (TPSA) is 75.7 Å². The number of nitrogens with one attached hydrogen (secondary N) is 1. The SMILES string of the molecule is O=C(Nc1ccc(OS(=O)(=O)F)cc1)N1CCc2cccc(Cl)c2C1. The summed E-state index contributed by atoms with van der Waals surface area (Å²) in [5, 5.41) is 3.33. The number of carbonyl (C=O) groups excluding carboxylic acids is 1. The molecule has 132 valence electrons. The van der Waals surface area contributed by atoms with E-state index in [0.717, 1.165) is 11.1 Å². The molecule has 0 saturated carbocycles. The van der Waals surface area contributed by atoms with Crippen LogP contribution in [0.4, 0.5) is 14.4 Å². The first-order valence-corrected chi connectivity index (χ1v) is 9.07. The van der Waals surface area contributed by atoms with Crippen LogP contribution in [0.5, 0.6) is 5.75 Å². The van der Waals surface area contributed by atoms with Crippen LogP contribution in [-0.4, -0.2) is 25.9 Å². The van der Waals surface area contributed by atoms with E-state index in [2.05, 4.69) is 9.50 Å². The number of anilines is 1. The van der Waals surface area contributed by atoms with Crippen LogP contribution in [0.3, 0.4) is 0 Å².